The molecule has 0 N–H and O–H groups in total. The first-order chi connectivity index (χ1) is 13.6. The summed E-state index contributed by atoms with van der Waals surface area (Å²) in [6.07, 6.45) is 6.28. The van der Waals surface area contributed by atoms with Crippen LogP contribution in [0.4, 0.5) is 0 Å². The summed E-state index contributed by atoms with van der Waals surface area (Å²) in [5.41, 5.74) is 2.31. The van der Waals surface area contributed by atoms with Gasteiger partial charge in [-0.1, -0.05) is 60.1 Å². The van der Waals surface area contributed by atoms with E-state index in [1.165, 1.54) is 12.2 Å². The summed E-state index contributed by atoms with van der Waals surface area (Å²) in [5.74, 6) is -0.132. The largest absolute Gasteiger partial charge is 0.423 e. The molecule has 3 rings (SSSR count). The molecule has 0 aliphatic rings. The van der Waals surface area contributed by atoms with E-state index in [1.807, 2.05) is 30.3 Å². The summed E-state index contributed by atoms with van der Waals surface area (Å²) in [5, 5.41) is 0.587. The summed E-state index contributed by atoms with van der Waals surface area (Å²) in [7, 11) is 0. The van der Waals surface area contributed by atoms with Crippen molar-refractivity contribution in [3.05, 3.63) is 113 Å². The smallest absolute Gasteiger partial charge is 0.336 e. The normalized spacial score (nSPS) is 11.0. The molecule has 0 aromatic heterocycles. The van der Waals surface area contributed by atoms with Crippen molar-refractivity contribution in [3.63, 3.8) is 0 Å². The maximum Gasteiger partial charge on any atom is 0.336 e. The van der Waals surface area contributed by atoms with Crippen LogP contribution in [0.5, 0.6) is 5.75 Å². The topological polar surface area (TPSA) is 43.4 Å². The number of ketones is 1. The van der Waals surface area contributed by atoms with Crippen LogP contribution < -0.4 is 4.74 Å². The maximum atomic E-state index is 12.1. The van der Waals surface area contributed by atoms with Crippen LogP contribution in [0.2, 0.25) is 5.02 Å². The fraction of sp³-hybridized carbons (Fsp3) is 0. The lowest BCUT2D eigenvalue weighted by molar-refractivity contribution is -0.128. The van der Waals surface area contributed by atoms with Gasteiger partial charge in [-0.2, -0.15) is 0 Å². The molecular weight excluding hydrogens is 372 g/mol. The van der Waals surface area contributed by atoms with Crippen LogP contribution in [0, 0.1) is 0 Å². The molecule has 0 saturated carbocycles. The molecule has 3 aromatic carbocycles. The van der Waals surface area contributed by atoms with Gasteiger partial charge in [-0.25, -0.2) is 4.79 Å². The van der Waals surface area contributed by atoms with E-state index in [-0.39, 0.29) is 5.78 Å². The zero-order valence-corrected chi connectivity index (χ0v) is 15.7. The second-order valence-corrected chi connectivity index (χ2v) is 6.38. The standard InChI is InChI=1S/C24H17ClO3/c25-21-12-10-20(11-13-21)23(26)16-8-19-6-14-22(15-7-19)28-24(27)17-9-18-4-2-1-3-5-18/h1-17H/b16-8+,17-9+. The van der Waals surface area contributed by atoms with E-state index in [2.05, 4.69) is 0 Å². The number of carbonyl (C=O) groups excluding carboxylic acids is 2. The Bertz CT molecular complexity index is 1000. The number of rotatable bonds is 6. The lowest BCUT2D eigenvalue weighted by Crippen LogP contribution is -2.03. The number of esters is 1. The summed E-state index contributed by atoms with van der Waals surface area (Å²) in [6.45, 7) is 0. The second-order valence-electron chi connectivity index (χ2n) is 5.94. The highest BCUT2D eigenvalue weighted by molar-refractivity contribution is 6.30. The summed E-state index contributed by atoms with van der Waals surface area (Å²) in [6, 6.07) is 23.1. The van der Waals surface area contributed by atoms with E-state index < -0.39 is 5.97 Å². The number of benzene rings is 3. The SMILES string of the molecule is O=C(/C=C/c1ccccc1)Oc1ccc(/C=C/C(=O)c2ccc(Cl)cc2)cc1. The highest BCUT2D eigenvalue weighted by Crippen LogP contribution is 2.15. The average molecular weight is 389 g/mol. The number of ether oxygens (including phenoxy) is 1. The van der Waals surface area contributed by atoms with E-state index >= 15 is 0 Å². The number of allylic oxidation sites excluding steroid dienone is 1. The lowest BCUT2D eigenvalue weighted by atomic mass is 10.1. The van der Waals surface area contributed by atoms with Crippen LogP contribution in [0.25, 0.3) is 12.2 Å². The number of carbonyl (C=O) groups is 2. The Labute approximate surface area is 168 Å². The van der Waals surface area contributed by atoms with Crippen molar-refractivity contribution in [2.75, 3.05) is 0 Å². The minimum atomic E-state index is -0.454. The molecule has 3 aromatic rings. The van der Waals surface area contributed by atoms with Gasteiger partial charge in [0.25, 0.3) is 0 Å². The second kappa shape index (κ2) is 9.49. The van der Waals surface area contributed by atoms with Gasteiger partial charge in [0.15, 0.2) is 5.78 Å². The van der Waals surface area contributed by atoms with Crippen molar-refractivity contribution in [2.24, 2.45) is 0 Å². The molecule has 28 heavy (non-hydrogen) atoms. The molecule has 0 radical (unpaired) electrons. The number of halogens is 1. The number of hydrogen-bond donors (Lipinski definition) is 0. The summed E-state index contributed by atoms with van der Waals surface area (Å²) >= 11 is 5.82. The molecule has 0 fully saturated rings. The maximum absolute atomic E-state index is 12.1. The Morgan fingerprint density at radius 3 is 2.00 bits per heavy atom. The highest BCUT2D eigenvalue weighted by Gasteiger charge is 2.02. The third kappa shape index (κ3) is 5.79. The molecule has 0 aliphatic heterocycles. The summed E-state index contributed by atoms with van der Waals surface area (Å²) in [4.78, 5) is 24.0. The van der Waals surface area contributed by atoms with Gasteiger partial charge < -0.3 is 4.74 Å². The van der Waals surface area contributed by atoms with Crippen molar-refractivity contribution in [1.29, 1.82) is 0 Å². The third-order valence-corrected chi connectivity index (χ3v) is 4.12. The fourth-order valence-corrected chi connectivity index (χ4v) is 2.53. The van der Waals surface area contributed by atoms with Gasteiger partial charge in [0.05, 0.1) is 0 Å². The van der Waals surface area contributed by atoms with Gasteiger partial charge in [0.2, 0.25) is 0 Å². The summed E-state index contributed by atoms with van der Waals surface area (Å²) < 4.78 is 5.27. The van der Waals surface area contributed by atoms with Gasteiger partial charge in [0, 0.05) is 16.7 Å². The molecule has 0 aliphatic carbocycles. The number of hydrogen-bond acceptors (Lipinski definition) is 3. The van der Waals surface area contributed by atoms with E-state index in [9.17, 15) is 9.59 Å². The molecule has 0 unspecified atom stereocenters. The van der Waals surface area contributed by atoms with Crippen molar-refractivity contribution in [1.82, 2.24) is 0 Å². The molecule has 138 valence electrons. The van der Waals surface area contributed by atoms with Gasteiger partial charge in [-0.15, -0.1) is 0 Å². The Balaban J connectivity index is 1.57. The predicted molar refractivity (Wildman–Crippen MR) is 112 cm³/mol. The predicted octanol–water partition coefficient (Wildman–Crippen LogP) is 5.85. The molecule has 0 spiro atoms. The van der Waals surface area contributed by atoms with Gasteiger partial charge in [0.1, 0.15) is 5.75 Å². The van der Waals surface area contributed by atoms with Crippen LogP contribution in [0.3, 0.4) is 0 Å². The van der Waals surface area contributed by atoms with Crippen LogP contribution in [0.1, 0.15) is 21.5 Å². The zero-order valence-electron chi connectivity index (χ0n) is 14.9. The van der Waals surface area contributed by atoms with Gasteiger partial charge in [-0.05, 0) is 59.7 Å². The minimum Gasteiger partial charge on any atom is -0.423 e. The van der Waals surface area contributed by atoms with E-state index in [4.69, 9.17) is 16.3 Å². The Hall–Kier alpha value is -3.43. The van der Waals surface area contributed by atoms with Crippen molar-refractivity contribution in [2.45, 2.75) is 0 Å². The third-order valence-electron chi connectivity index (χ3n) is 3.87. The highest BCUT2D eigenvalue weighted by atomic mass is 35.5. The zero-order chi connectivity index (χ0) is 19.8. The van der Waals surface area contributed by atoms with Crippen LogP contribution in [-0.2, 0) is 4.79 Å². The molecule has 0 heterocycles. The van der Waals surface area contributed by atoms with Crippen LogP contribution in [-0.4, -0.2) is 11.8 Å². The lowest BCUT2D eigenvalue weighted by Gasteiger charge is -2.02. The van der Waals surface area contributed by atoms with Crippen molar-refractivity contribution < 1.29 is 14.3 Å². The molecule has 0 atom stereocenters. The van der Waals surface area contributed by atoms with E-state index in [1.54, 1.807) is 60.7 Å². The molecule has 3 nitrogen and oxygen atoms in total. The monoisotopic (exact) mass is 388 g/mol. The van der Waals surface area contributed by atoms with Gasteiger partial charge >= 0.3 is 5.97 Å². The molecule has 0 bridgehead atoms. The van der Waals surface area contributed by atoms with E-state index in [0.717, 1.165) is 11.1 Å². The van der Waals surface area contributed by atoms with Gasteiger partial charge in [-0.3, -0.25) is 4.79 Å². The fourth-order valence-electron chi connectivity index (χ4n) is 2.41. The van der Waals surface area contributed by atoms with Crippen LogP contribution >= 0.6 is 11.6 Å². The van der Waals surface area contributed by atoms with Crippen molar-refractivity contribution in [3.8, 4) is 5.75 Å². The Morgan fingerprint density at radius 1 is 0.714 bits per heavy atom. The molecule has 0 amide bonds. The molecule has 0 saturated heterocycles. The Morgan fingerprint density at radius 2 is 1.32 bits per heavy atom. The van der Waals surface area contributed by atoms with E-state index in [0.29, 0.717) is 16.3 Å². The quantitative estimate of drug-likeness (QED) is 0.230. The minimum absolute atomic E-state index is 0.113. The molecule has 4 heteroatoms. The Kier molecular flexibility index (Phi) is 6.55. The first kappa shape index (κ1) is 19.3. The molecular formula is C24H17ClO3. The first-order valence-electron chi connectivity index (χ1n) is 8.63. The first-order valence-corrected chi connectivity index (χ1v) is 9.01. The average Bonchev–Trinajstić information content (AvgIpc) is 2.73. The van der Waals surface area contributed by atoms with Crippen molar-refractivity contribution >= 4 is 35.5 Å². The van der Waals surface area contributed by atoms with Crippen LogP contribution in [0.15, 0.2) is 91.0 Å².